The van der Waals surface area contributed by atoms with E-state index in [1.807, 2.05) is 0 Å². The summed E-state index contributed by atoms with van der Waals surface area (Å²) in [6, 6.07) is -1.18. The van der Waals surface area contributed by atoms with Gasteiger partial charge in [-0.25, -0.2) is 4.79 Å². The van der Waals surface area contributed by atoms with Gasteiger partial charge >= 0.3 is 5.97 Å². The third-order valence-corrected chi connectivity index (χ3v) is 2.49. The molecule has 1 amide bonds. The van der Waals surface area contributed by atoms with Crippen LogP contribution in [0.25, 0.3) is 0 Å². The summed E-state index contributed by atoms with van der Waals surface area (Å²) < 4.78 is 0. The van der Waals surface area contributed by atoms with Crippen LogP contribution in [0.2, 0.25) is 0 Å². The average Bonchev–Trinajstić information content (AvgIpc) is 2.64. The molecule has 1 rings (SSSR count). The Bertz CT molecular complexity index is 303. The van der Waals surface area contributed by atoms with Crippen molar-refractivity contribution in [2.75, 3.05) is 6.61 Å². The van der Waals surface area contributed by atoms with Gasteiger partial charge in [0.1, 0.15) is 6.04 Å². The molecule has 0 fully saturated rings. The summed E-state index contributed by atoms with van der Waals surface area (Å²) in [6.07, 6.45) is 3.91. The zero-order valence-corrected chi connectivity index (χ0v) is 8.80. The van der Waals surface area contributed by atoms with E-state index >= 15 is 0 Å². The topological polar surface area (TPSA) is 113 Å². The third-order valence-electron chi connectivity index (χ3n) is 2.49. The van der Waals surface area contributed by atoms with Gasteiger partial charge in [0.25, 0.3) is 0 Å². The van der Waals surface area contributed by atoms with E-state index in [1.165, 1.54) is 0 Å². The SMILES string of the molecule is NC1C=CC(C(=O)N[C@H](CCO)C(=O)O)C1. The molecule has 16 heavy (non-hydrogen) atoms. The van der Waals surface area contributed by atoms with Crippen LogP contribution >= 0.6 is 0 Å². The van der Waals surface area contributed by atoms with Crippen LogP contribution < -0.4 is 11.1 Å². The van der Waals surface area contributed by atoms with E-state index in [1.54, 1.807) is 12.2 Å². The van der Waals surface area contributed by atoms with Crippen molar-refractivity contribution >= 4 is 11.9 Å². The number of carbonyl (C=O) groups excluding carboxylic acids is 1. The molecule has 2 unspecified atom stereocenters. The van der Waals surface area contributed by atoms with Gasteiger partial charge in [-0.1, -0.05) is 12.2 Å². The van der Waals surface area contributed by atoms with Crippen molar-refractivity contribution in [3.8, 4) is 0 Å². The van der Waals surface area contributed by atoms with Crippen molar-refractivity contribution in [2.24, 2.45) is 11.7 Å². The summed E-state index contributed by atoms with van der Waals surface area (Å²) in [6.45, 7) is -0.280. The van der Waals surface area contributed by atoms with Gasteiger partial charge in [0.05, 0.1) is 5.92 Å². The second-order valence-electron chi connectivity index (χ2n) is 3.80. The van der Waals surface area contributed by atoms with Gasteiger partial charge in [-0.2, -0.15) is 0 Å². The first kappa shape index (κ1) is 12.7. The minimum Gasteiger partial charge on any atom is -0.480 e. The van der Waals surface area contributed by atoms with Gasteiger partial charge in [0.2, 0.25) is 5.91 Å². The molecule has 0 bridgehead atoms. The highest BCUT2D eigenvalue weighted by Gasteiger charge is 2.26. The van der Waals surface area contributed by atoms with Crippen LogP contribution in [0.4, 0.5) is 0 Å². The van der Waals surface area contributed by atoms with Crippen LogP contribution in [0, 0.1) is 5.92 Å². The molecule has 0 saturated carbocycles. The first-order chi connectivity index (χ1) is 7.54. The number of carboxylic acids is 1. The Balaban J connectivity index is 2.49. The largest absolute Gasteiger partial charge is 0.480 e. The first-order valence-electron chi connectivity index (χ1n) is 5.12. The molecule has 0 saturated heterocycles. The van der Waals surface area contributed by atoms with Gasteiger partial charge in [-0.05, 0) is 6.42 Å². The maximum Gasteiger partial charge on any atom is 0.326 e. The maximum atomic E-state index is 11.6. The standard InChI is InChI=1S/C10H16N2O4/c11-7-2-1-6(5-7)9(14)12-8(3-4-13)10(15)16/h1-2,6-8,13H,3-5,11H2,(H,12,14)(H,15,16)/t6?,7?,8-/m1/s1. The lowest BCUT2D eigenvalue weighted by molar-refractivity contribution is -0.142. The lowest BCUT2D eigenvalue weighted by Crippen LogP contribution is -2.43. The van der Waals surface area contributed by atoms with E-state index in [4.69, 9.17) is 15.9 Å². The van der Waals surface area contributed by atoms with E-state index in [0.29, 0.717) is 6.42 Å². The van der Waals surface area contributed by atoms with Gasteiger partial charge in [-0.3, -0.25) is 4.79 Å². The fourth-order valence-electron chi connectivity index (χ4n) is 1.59. The number of amides is 1. The number of hydrogen-bond acceptors (Lipinski definition) is 4. The Labute approximate surface area is 93.1 Å². The highest BCUT2D eigenvalue weighted by molar-refractivity contribution is 5.86. The number of hydrogen-bond donors (Lipinski definition) is 4. The second kappa shape index (κ2) is 5.62. The molecule has 0 aliphatic heterocycles. The zero-order chi connectivity index (χ0) is 12.1. The van der Waals surface area contributed by atoms with Gasteiger partial charge in [0.15, 0.2) is 0 Å². The van der Waals surface area contributed by atoms with Crippen LogP contribution in [-0.2, 0) is 9.59 Å². The average molecular weight is 228 g/mol. The molecular formula is C10H16N2O4. The summed E-state index contributed by atoms with van der Waals surface area (Å²) in [4.78, 5) is 22.4. The lowest BCUT2D eigenvalue weighted by Gasteiger charge is -2.16. The Morgan fingerprint density at radius 1 is 1.50 bits per heavy atom. The quantitative estimate of drug-likeness (QED) is 0.443. The molecule has 0 spiro atoms. The summed E-state index contributed by atoms with van der Waals surface area (Å²) in [7, 11) is 0. The third kappa shape index (κ3) is 3.32. The Morgan fingerprint density at radius 2 is 2.19 bits per heavy atom. The van der Waals surface area contributed by atoms with E-state index in [9.17, 15) is 9.59 Å². The second-order valence-corrected chi connectivity index (χ2v) is 3.80. The smallest absolute Gasteiger partial charge is 0.326 e. The van der Waals surface area contributed by atoms with Crippen molar-refractivity contribution < 1.29 is 19.8 Å². The number of aliphatic carboxylic acids is 1. The molecule has 0 heterocycles. The molecule has 6 nitrogen and oxygen atoms in total. The molecule has 0 radical (unpaired) electrons. The lowest BCUT2D eigenvalue weighted by atomic mass is 10.1. The Kier molecular flexibility index (Phi) is 4.45. The Hall–Kier alpha value is -1.40. The zero-order valence-electron chi connectivity index (χ0n) is 8.80. The highest BCUT2D eigenvalue weighted by atomic mass is 16.4. The van der Waals surface area contributed by atoms with Crippen molar-refractivity contribution in [1.29, 1.82) is 0 Å². The molecule has 6 heteroatoms. The molecule has 90 valence electrons. The number of aliphatic hydroxyl groups is 1. The molecule has 3 atom stereocenters. The minimum atomic E-state index is -1.14. The summed E-state index contributed by atoms with van der Waals surface area (Å²) in [5, 5.41) is 19.8. The van der Waals surface area contributed by atoms with Crippen LogP contribution in [0.5, 0.6) is 0 Å². The number of aliphatic hydroxyl groups excluding tert-OH is 1. The fraction of sp³-hybridized carbons (Fsp3) is 0.600. The van der Waals surface area contributed by atoms with Crippen LogP contribution in [0.3, 0.4) is 0 Å². The first-order valence-corrected chi connectivity index (χ1v) is 5.12. The van der Waals surface area contributed by atoms with Crippen molar-refractivity contribution in [2.45, 2.75) is 24.9 Å². The van der Waals surface area contributed by atoms with Crippen molar-refractivity contribution in [3.63, 3.8) is 0 Å². The fourth-order valence-corrected chi connectivity index (χ4v) is 1.59. The van der Waals surface area contributed by atoms with Crippen LogP contribution in [0.15, 0.2) is 12.2 Å². The van der Waals surface area contributed by atoms with E-state index < -0.39 is 12.0 Å². The van der Waals surface area contributed by atoms with Gasteiger partial charge < -0.3 is 21.3 Å². The van der Waals surface area contributed by atoms with E-state index in [0.717, 1.165) is 0 Å². The normalized spacial score (nSPS) is 25.4. The maximum absolute atomic E-state index is 11.6. The number of rotatable bonds is 5. The van der Waals surface area contributed by atoms with Crippen LogP contribution in [0.1, 0.15) is 12.8 Å². The molecule has 0 aromatic heterocycles. The monoisotopic (exact) mass is 228 g/mol. The summed E-state index contributed by atoms with van der Waals surface area (Å²) in [5.74, 6) is -1.87. The molecule has 5 N–H and O–H groups in total. The number of carbonyl (C=O) groups is 2. The number of nitrogens with one attached hydrogen (secondary N) is 1. The summed E-state index contributed by atoms with van der Waals surface area (Å²) >= 11 is 0. The molecule has 0 aromatic rings. The molecular weight excluding hydrogens is 212 g/mol. The van der Waals surface area contributed by atoms with E-state index in [2.05, 4.69) is 5.32 Å². The molecule has 0 aromatic carbocycles. The Morgan fingerprint density at radius 3 is 2.62 bits per heavy atom. The number of nitrogens with two attached hydrogens (primary N) is 1. The molecule has 1 aliphatic carbocycles. The summed E-state index contributed by atoms with van der Waals surface area (Å²) in [5.41, 5.74) is 5.59. The van der Waals surface area contributed by atoms with Crippen molar-refractivity contribution in [1.82, 2.24) is 5.32 Å². The molecule has 1 aliphatic rings. The highest BCUT2D eigenvalue weighted by Crippen LogP contribution is 2.16. The van der Waals surface area contributed by atoms with E-state index in [-0.39, 0.29) is 30.9 Å². The predicted molar refractivity (Wildman–Crippen MR) is 56.5 cm³/mol. The predicted octanol–water partition coefficient (Wildman–Crippen LogP) is -1.16. The van der Waals surface area contributed by atoms with Crippen LogP contribution in [-0.4, -0.2) is 40.8 Å². The van der Waals surface area contributed by atoms with Gasteiger partial charge in [-0.15, -0.1) is 0 Å². The van der Waals surface area contributed by atoms with Gasteiger partial charge in [0, 0.05) is 19.1 Å². The van der Waals surface area contributed by atoms with Crippen molar-refractivity contribution in [3.05, 3.63) is 12.2 Å². The minimum absolute atomic E-state index is 0.00353. The number of carboxylic acid groups (broad SMARTS) is 1.